The summed E-state index contributed by atoms with van der Waals surface area (Å²) in [6.07, 6.45) is 0.514. The number of carbonyl (C=O) groups is 1. The van der Waals surface area contributed by atoms with Crippen molar-refractivity contribution in [2.24, 2.45) is 5.92 Å². The normalized spacial score (nSPS) is 12.0. The van der Waals surface area contributed by atoms with E-state index in [0.717, 1.165) is 4.88 Å². The molecule has 0 aliphatic rings. The van der Waals surface area contributed by atoms with Crippen LogP contribution in [-0.2, 0) is 11.2 Å². The summed E-state index contributed by atoms with van der Waals surface area (Å²) in [6.45, 7) is 0.192. The number of aliphatic carboxylic acids is 1. The largest absolute Gasteiger partial charge is 0.493 e. The molecule has 1 heterocycles. The minimum absolute atomic E-state index is 0.192. The number of rotatable bonds is 6. The first-order valence-corrected chi connectivity index (χ1v) is 6.56. The number of carboxylic acid groups (broad SMARTS) is 1. The molecule has 0 radical (unpaired) electrons. The van der Waals surface area contributed by atoms with Crippen molar-refractivity contribution in [3.05, 3.63) is 52.7 Å². The number of ether oxygens (including phenoxy) is 1. The van der Waals surface area contributed by atoms with E-state index in [1.54, 1.807) is 11.3 Å². The molecule has 0 bridgehead atoms. The highest BCUT2D eigenvalue weighted by molar-refractivity contribution is 7.09. The topological polar surface area (TPSA) is 46.5 Å². The van der Waals surface area contributed by atoms with E-state index in [2.05, 4.69) is 0 Å². The molecule has 0 aliphatic carbocycles. The maximum absolute atomic E-state index is 11.2. The van der Waals surface area contributed by atoms with Gasteiger partial charge in [0.25, 0.3) is 0 Å². The Morgan fingerprint density at radius 2 is 2.00 bits per heavy atom. The standard InChI is InChI=1S/C14H14O3S/c15-14(16)11(9-13-7-4-8-18-13)10-17-12-5-2-1-3-6-12/h1-8,11H,9-10H2,(H,15,16). The van der Waals surface area contributed by atoms with E-state index in [9.17, 15) is 9.90 Å². The van der Waals surface area contributed by atoms with Crippen molar-refractivity contribution < 1.29 is 14.6 Å². The van der Waals surface area contributed by atoms with Gasteiger partial charge in [0.15, 0.2) is 0 Å². The molecule has 0 aliphatic heterocycles. The van der Waals surface area contributed by atoms with Crippen molar-refractivity contribution in [3.63, 3.8) is 0 Å². The van der Waals surface area contributed by atoms with Gasteiger partial charge in [-0.25, -0.2) is 0 Å². The summed E-state index contributed by atoms with van der Waals surface area (Å²) in [5.74, 6) is -0.627. The molecule has 1 unspecified atom stereocenters. The maximum Gasteiger partial charge on any atom is 0.310 e. The Morgan fingerprint density at radius 1 is 1.22 bits per heavy atom. The van der Waals surface area contributed by atoms with Gasteiger partial charge in [-0.05, 0) is 30.0 Å². The van der Waals surface area contributed by atoms with Gasteiger partial charge in [-0.2, -0.15) is 0 Å². The summed E-state index contributed by atoms with van der Waals surface area (Å²) < 4.78 is 5.50. The van der Waals surface area contributed by atoms with Crippen LogP contribution < -0.4 is 4.74 Å². The van der Waals surface area contributed by atoms with Crippen LogP contribution in [-0.4, -0.2) is 17.7 Å². The molecule has 94 valence electrons. The zero-order chi connectivity index (χ0) is 12.8. The first kappa shape index (κ1) is 12.6. The van der Waals surface area contributed by atoms with Crippen molar-refractivity contribution in [2.45, 2.75) is 6.42 Å². The van der Waals surface area contributed by atoms with Crippen LogP contribution in [0.2, 0.25) is 0 Å². The zero-order valence-electron chi connectivity index (χ0n) is 9.78. The van der Waals surface area contributed by atoms with Crippen LogP contribution in [0.3, 0.4) is 0 Å². The summed E-state index contributed by atoms with van der Waals surface area (Å²) in [7, 11) is 0. The molecule has 0 saturated heterocycles. The Kier molecular flexibility index (Phi) is 4.36. The van der Waals surface area contributed by atoms with Crippen molar-refractivity contribution in [1.29, 1.82) is 0 Å². The second-order valence-electron chi connectivity index (χ2n) is 3.94. The van der Waals surface area contributed by atoms with Crippen LogP contribution in [0, 0.1) is 5.92 Å². The minimum atomic E-state index is -0.820. The fourth-order valence-electron chi connectivity index (χ4n) is 1.60. The lowest BCUT2D eigenvalue weighted by Gasteiger charge is -2.12. The second-order valence-corrected chi connectivity index (χ2v) is 4.97. The average molecular weight is 262 g/mol. The first-order valence-electron chi connectivity index (χ1n) is 5.69. The molecule has 0 fully saturated rings. The van der Waals surface area contributed by atoms with E-state index >= 15 is 0 Å². The van der Waals surface area contributed by atoms with Crippen molar-refractivity contribution in [1.82, 2.24) is 0 Å². The molecule has 1 N–H and O–H groups in total. The second kappa shape index (κ2) is 6.21. The lowest BCUT2D eigenvalue weighted by atomic mass is 10.1. The van der Waals surface area contributed by atoms with Gasteiger partial charge in [-0.1, -0.05) is 24.3 Å². The Bertz CT molecular complexity index is 479. The number of carboxylic acids is 1. The molecule has 1 aromatic carbocycles. The van der Waals surface area contributed by atoms with Gasteiger partial charge < -0.3 is 9.84 Å². The third-order valence-corrected chi connectivity index (χ3v) is 3.47. The van der Waals surface area contributed by atoms with E-state index in [4.69, 9.17) is 4.74 Å². The van der Waals surface area contributed by atoms with Gasteiger partial charge in [-0.15, -0.1) is 11.3 Å². The van der Waals surface area contributed by atoms with Crippen LogP contribution in [0.25, 0.3) is 0 Å². The average Bonchev–Trinajstić information content (AvgIpc) is 2.88. The zero-order valence-corrected chi connectivity index (χ0v) is 10.6. The van der Waals surface area contributed by atoms with E-state index in [1.807, 2.05) is 47.8 Å². The molecular formula is C14H14O3S. The summed E-state index contributed by atoms with van der Waals surface area (Å²) in [5.41, 5.74) is 0. The number of benzene rings is 1. The van der Waals surface area contributed by atoms with Gasteiger partial charge >= 0.3 is 5.97 Å². The molecule has 2 rings (SSSR count). The van der Waals surface area contributed by atoms with E-state index in [-0.39, 0.29) is 6.61 Å². The molecule has 0 saturated carbocycles. The number of hydrogen-bond donors (Lipinski definition) is 1. The molecule has 18 heavy (non-hydrogen) atoms. The Morgan fingerprint density at radius 3 is 2.61 bits per heavy atom. The molecule has 4 heteroatoms. The maximum atomic E-state index is 11.2. The summed E-state index contributed by atoms with van der Waals surface area (Å²) in [4.78, 5) is 12.2. The summed E-state index contributed by atoms with van der Waals surface area (Å²) in [6, 6.07) is 13.1. The predicted molar refractivity (Wildman–Crippen MR) is 71.1 cm³/mol. The lowest BCUT2D eigenvalue weighted by Crippen LogP contribution is -2.23. The van der Waals surface area contributed by atoms with Gasteiger partial charge in [0.05, 0.1) is 5.92 Å². The van der Waals surface area contributed by atoms with Crippen LogP contribution >= 0.6 is 11.3 Å². The van der Waals surface area contributed by atoms with E-state index in [1.165, 1.54) is 0 Å². The van der Waals surface area contributed by atoms with Crippen LogP contribution in [0.4, 0.5) is 0 Å². The SMILES string of the molecule is O=C(O)C(COc1ccccc1)Cc1cccs1. The first-order chi connectivity index (χ1) is 8.75. The lowest BCUT2D eigenvalue weighted by molar-refractivity contribution is -0.142. The van der Waals surface area contributed by atoms with E-state index in [0.29, 0.717) is 12.2 Å². The number of hydrogen-bond acceptors (Lipinski definition) is 3. The molecule has 3 nitrogen and oxygen atoms in total. The van der Waals surface area contributed by atoms with Crippen LogP contribution in [0.1, 0.15) is 4.88 Å². The molecule has 0 spiro atoms. The van der Waals surface area contributed by atoms with E-state index < -0.39 is 11.9 Å². The van der Waals surface area contributed by atoms with Gasteiger partial charge in [0, 0.05) is 4.88 Å². The van der Waals surface area contributed by atoms with Gasteiger partial charge in [0.1, 0.15) is 12.4 Å². The summed E-state index contributed by atoms with van der Waals surface area (Å²) >= 11 is 1.57. The molecule has 0 amide bonds. The van der Waals surface area contributed by atoms with Crippen molar-refractivity contribution in [2.75, 3.05) is 6.61 Å². The fraction of sp³-hybridized carbons (Fsp3) is 0.214. The smallest absolute Gasteiger partial charge is 0.310 e. The minimum Gasteiger partial charge on any atom is -0.493 e. The van der Waals surface area contributed by atoms with Crippen molar-refractivity contribution in [3.8, 4) is 5.75 Å². The Hall–Kier alpha value is -1.81. The van der Waals surface area contributed by atoms with Gasteiger partial charge in [0.2, 0.25) is 0 Å². The van der Waals surface area contributed by atoms with Gasteiger partial charge in [-0.3, -0.25) is 4.79 Å². The number of thiophene rings is 1. The van der Waals surface area contributed by atoms with Crippen molar-refractivity contribution >= 4 is 17.3 Å². The quantitative estimate of drug-likeness (QED) is 0.870. The third-order valence-electron chi connectivity index (χ3n) is 2.57. The highest BCUT2D eigenvalue weighted by Crippen LogP contribution is 2.17. The Balaban J connectivity index is 1.93. The molecule has 1 atom stereocenters. The molecule has 2 aromatic rings. The number of para-hydroxylation sites is 1. The summed E-state index contributed by atoms with van der Waals surface area (Å²) in [5, 5.41) is 11.1. The molecular weight excluding hydrogens is 248 g/mol. The predicted octanol–water partition coefficient (Wildman–Crippen LogP) is 3.07. The highest BCUT2D eigenvalue weighted by Gasteiger charge is 2.19. The third kappa shape index (κ3) is 3.60. The monoisotopic (exact) mass is 262 g/mol. The Labute approximate surface area is 110 Å². The molecule has 1 aromatic heterocycles. The van der Waals surface area contributed by atoms with Crippen LogP contribution in [0.15, 0.2) is 47.8 Å². The highest BCUT2D eigenvalue weighted by atomic mass is 32.1. The van der Waals surface area contributed by atoms with Crippen LogP contribution in [0.5, 0.6) is 5.75 Å². The fourth-order valence-corrected chi connectivity index (χ4v) is 2.39.